The molecule has 0 saturated heterocycles. The van der Waals surface area contributed by atoms with Gasteiger partial charge in [-0.3, -0.25) is 0 Å². The maximum Gasteiger partial charge on any atom is 0.229 e. The van der Waals surface area contributed by atoms with Crippen LogP contribution < -0.4 is 10.2 Å². The quantitative estimate of drug-likeness (QED) is 0.664. The van der Waals surface area contributed by atoms with E-state index in [0.29, 0.717) is 0 Å². The van der Waals surface area contributed by atoms with E-state index in [9.17, 15) is 0 Å². The monoisotopic (exact) mass is 299 g/mol. The van der Waals surface area contributed by atoms with Crippen LogP contribution in [0.1, 0.15) is 26.3 Å². The number of hydrogen-bond acceptors (Lipinski definition) is 2. The van der Waals surface area contributed by atoms with E-state index in [1.807, 2.05) is 18.2 Å². The number of anilines is 1. The van der Waals surface area contributed by atoms with E-state index in [4.69, 9.17) is 10.2 Å². The molecular formula is C18H25NOSi. The van der Waals surface area contributed by atoms with Crippen molar-refractivity contribution in [1.29, 1.82) is 0 Å². The summed E-state index contributed by atoms with van der Waals surface area (Å²) in [7, 11) is -1.21. The highest BCUT2D eigenvalue weighted by Crippen LogP contribution is 2.41. The molecule has 0 spiro atoms. The van der Waals surface area contributed by atoms with Gasteiger partial charge in [-0.25, -0.2) is 0 Å². The number of hydrogen-bond donors (Lipinski definition) is 1. The summed E-state index contributed by atoms with van der Waals surface area (Å²) in [6, 6.07) is 14.3. The molecule has 0 aliphatic heterocycles. The molecule has 112 valence electrons. The summed E-state index contributed by atoms with van der Waals surface area (Å²) in [6.07, 6.45) is 0. The van der Waals surface area contributed by atoms with Gasteiger partial charge in [0, 0.05) is 16.8 Å². The molecule has 21 heavy (non-hydrogen) atoms. The van der Waals surface area contributed by atoms with E-state index in [2.05, 4.69) is 58.1 Å². The predicted molar refractivity (Wildman–Crippen MR) is 94.5 cm³/mol. The van der Waals surface area contributed by atoms with Gasteiger partial charge in [0.05, 0.1) is 0 Å². The lowest BCUT2D eigenvalue weighted by atomic mass is 9.84. The maximum absolute atomic E-state index is 6.30. The molecule has 0 unspecified atom stereocenters. The normalized spacial score (nSPS) is 11.7. The summed E-state index contributed by atoms with van der Waals surface area (Å²) in [5, 5.41) is 0. The van der Waals surface area contributed by atoms with Crippen LogP contribution >= 0.6 is 0 Å². The van der Waals surface area contributed by atoms with Crippen LogP contribution in [0.4, 0.5) is 5.69 Å². The lowest BCUT2D eigenvalue weighted by molar-refractivity contribution is 0.522. The molecule has 0 bridgehead atoms. The highest BCUT2D eigenvalue weighted by atomic mass is 28.3. The SMILES string of the molecule is C[SiH](C)Oc1c(-c2ccccc2N)cccc1C(C)(C)C. The van der Waals surface area contributed by atoms with Crippen LogP contribution in [0.2, 0.25) is 13.1 Å². The Hall–Kier alpha value is -1.74. The Morgan fingerprint density at radius 1 is 0.905 bits per heavy atom. The second-order valence-corrected chi connectivity index (χ2v) is 9.02. The fourth-order valence-corrected chi connectivity index (χ4v) is 3.17. The van der Waals surface area contributed by atoms with E-state index < -0.39 is 9.04 Å². The molecule has 2 N–H and O–H groups in total. The molecule has 3 heteroatoms. The summed E-state index contributed by atoms with van der Waals surface area (Å²) >= 11 is 0. The topological polar surface area (TPSA) is 35.2 Å². The average molecular weight is 299 g/mol. The predicted octanol–water partition coefficient (Wildman–Crippen LogP) is 4.60. The fraction of sp³-hybridized carbons (Fsp3) is 0.333. The molecule has 2 rings (SSSR count). The van der Waals surface area contributed by atoms with Gasteiger partial charge in [-0.1, -0.05) is 57.2 Å². The summed E-state index contributed by atoms with van der Waals surface area (Å²) in [6.45, 7) is 11.0. The van der Waals surface area contributed by atoms with Crippen LogP contribution in [-0.4, -0.2) is 9.04 Å². The summed E-state index contributed by atoms with van der Waals surface area (Å²) < 4.78 is 6.30. The standard InChI is InChI=1S/C18H25NOSi/c1-18(2,3)15-11-8-10-14(17(15)20-21(4)5)13-9-6-7-12-16(13)19/h6-12,21H,19H2,1-5H3. The summed E-state index contributed by atoms with van der Waals surface area (Å²) in [4.78, 5) is 0. The van der Waals surface area contributed by atoms with E-state index in [1.165, 1.54) is 5.56 Å². The maximum atomic E-state index is 6.30. The average Bonchev–Trinajstić information content (AvgIpc) is 2.38. The first-order valence-electron chi connectivity index (χ1n) is 7.45. The van der Waals surface area contributed by atoms with Crippen LogP contribution in [0.25, 0.3) is 11.1 Å². The molecule has 2 nitrogen and oxygen atoms in total. The second kappa shape index (κ2) is 5.94. The molecule has 0 aliphatic carbocycles. The van der Waals surface area contributed by atoms with Gasteiger partial charge in [0.1, 0.15) is 5.75 Å². The molecule has 0 atom stereocenters. The molecular weight excluding hydrogens is 274 g/mol. The Bertz CT molecular complexity index is 629. The zero-order chi connectivity index (χ0) is 15.6. The van der Waals surface area contributed by atoms with Gasteiger partial charge in [0.2, 0.25) is 9.04 Å². The van der Waals surface area contributed by atoms with Crippen molar-refractivity contribution in [1.82, 2.24) is 0 Å². The third-order valence-electron chi connectivity index (χ3n) is 3.43. The number of nitrogen functional groups attached to an aromatic ring is 1. The van der Waals surface area contributed by atoms with Gasteiger partial charge >= 0.3 is 0 Å². The highest BCUT2D eigenvalue weighted by Gasteiger charge is 2.23. The minimum absolute atomic E-state index is 0.0399. The van der Waals surface area contributed by atoms with Crippen molar-refractivity contribution in [3.8, 4) is 16.9 Å². The molecule has 0 aliphatic rings. The van der Waals surface area contributed by atoms with Crippen LogP contribution in [0, 0.1) is 0 Å². The number of nitrogens with two attached hydrogens (primary N) is 1. The van der Waals surface area contributed by atoms with Crippen molar-refractivity contribution in [3.05, 3.63) is 48.0 Å². The van der Waals surface area contributed by atoms with Crippen molar-refractivity contribution in [3.63, 3.8) is 0 Å². The number of para-hydroxylation sites is 2. The largest absolute Gasteiger partial charge is 0.546 e. The molecule has 0 saturated carbocycles. The molecule has 0 amide bonds. The second-order valence-electron chi connectivity index (χ2n) is 6.69. The molecule has 2 aromatic carbocycles. The summed E-state index contributed by atoms with van der Waals surface area (Å²) in [5.74, 6) is 1.00. The van der Waals surface area contributed by atoms with Crippen LogP contribution in [0.5, 0.6) is 5.75 Å². The van der Waals surface area contributed by atoms with Crippen LogP contribution in [0.3, 0.4) is 0 Å². The first-order valence-corrected chi connectivity index (χ1v) is 10.2. The molecule has 0 heterocycles. The van der Waals surface area contributed by atoms with Crippen molar-refractivity contribution >= 4 is 14.7 Å². The molecule has 2 aromatic rings. The zero-order valence-corrected chi connectivity index (χ0v) is 14.8. The molecule has 0 fully saturated rings. The van der Waals surface area contributed by atoms with Gasteiger partial charge in [0.15, 0.2) is 0 Å². The van der Waals surface area contributed by atoms with Crippen LogP contribution in [0.15, 0.2) is 42.5 Å². The van der Waals surface area contributed by atoms with E-state index in [0.717, 1.165) is 22.6 Å². The van der Waals surface area contributed by atoms with E-state index >= 15 is 0 Å². The van der Waals surface area contributed by atoms with Gasteiger partial charge in [-0.05, 0) is 30.1 Å². The third-order valence-corrected chi connectivity index (χ3v) is 4.13. The van der Waals surface area contributed by atoms with Crippen molar-refractivity contribution in [2.24, 2.45) is 0 Å². The van der Waals surface area contributed by atoms with E-state index in [1.54, 1.807) is 0 Å². The number of rotatable bonds is 3. The first kappa shape index (κ1) is 15.6. The first-order chi connectivity index (χ1) is 9.80. The lowest BCUT2D eigenvalue weighted by Gasteiger charge is -2.26. The fourth-order valence-electron chi connectivity index (χ4n) is 2.44. The highest BCUT2D eigenvalue weighted by molar-refractivity contribution is 6.49. The number of benzene rings is 2. The van der Waals surface area contributed by atoms with Gasteiger partial charge in [0.25, 0.3) is 0 Å². The van der Waals surface area contributed by atoms with Gasteiger partial charge in [-0.2, -0.15) is 0 Å². The Labute approximate surface area is 129 Å². The Morgan fingerprint density at radius 3 is 2.10 bits per heavy atom. The van der Waals surface area contributed by atoms with Crippen molar-refractivity contribution in [2.75, 3.05) is 5.73 Å². The smallest absolute Gasteiger partial charge is 0.229 e. The Balaban J connectivity index is 2.69. The van der Waals surface area contributed by atoms with E-state index in [-0.39, 0.29) is 5.41 Å². The zero-order valence-electron chi connectivity index (χ0n) is 13.6. The third kappa shape index (κ3) is 3.48. The molecule has 0 aromatic heterocycles. The molecule has 0 radical (unpaired) electrons. The lowest BCUT2D eigenvalue weighted by Crippen LogP contribution is -2.19. The van der Waals surface area contributed by atoms with Crippen molar-refractivity contribution < 1.29 is 4.43 Å². The summed E-state index contributed by atoms with van der Waals surface area (Å²) in [5.41, 5.74) is 10.4. The Morgan fingerprint density at radius 2 is 1.52 bits per heavy atom. The van der Waals surface area contributed by atoms with Gasteiger partial charge < -0.3 is 10.2 Å². The van der Waals surface area contributed by atoms with Crippen LogP contribution in [-0.2, 0) is 5.41 Å². The minimum atomic E-state index is -1.21. The Kier molecular flexibility index (Phi) is 4.42. The van der Waals surface area contributed by atoms with Gasteiger partial charge in [-0.15, -0.1) is 0 Å². The van der Waals surface area contributed by atoms with Crippen molar-refractivity contribution in [2.45, 2.75) is 39.3 Å². The minimum Gasteiger partial charge on any atom is -0.546 e.